The zero-order chi connectivity index (χ0) is 12.3. The van der Waals surface area contributed by atoms with Crippen molar-refractivity contribution in [1.82, 2.24) is 5.32 Å². The zero-order valence-corrected chi connectivity index (χ0v) is 9.20. The molecule has 0 bridgehead atoms. The van der Waals surface area contributed by atoms with E-state index in [2.05, 4.69) is 5.32 Å². The van der Waals surface area contributed by atoms with Gasteiger partial charge in [-0.3, -0.25) is 10.1 Å². The highest BCUT2D eigenvalue weighted by Gasteiger charge is 2.21. The lowest BCUT2D eigenvalue weighted by molar-refractivity contribution is -0.384. The van der Waals surface area contributed by atoms with Gasteiger partial charge >= 0.3 is 0 Å². The van der Waals surface area contributed by atoms with Crippen LogP contribution in [0.5, 0.6) is 0 Å². The second-order valence-corrected chi connectivity index (χ2v) is 3.87. The van der Waals surface area contributed by atoms with Gasteiger partial charge in [-0.05, 0) is 12.1 Å². The van der Waals surface area contributed by atoms with Crippen molar-refractivity contribution in [2.75, 3.05) is 24.5 Å². The molecule has 0 radical (unpaired) electrons. The molecular weight excluding hydrogens is 222 g/mol. The first-order valence-corrected chi connectivity index (χ1v) is 5.39. The summed E-state index contributed by atoms with van der Waals surface area (Å²) >= 11 is 0. The van der Waals surface area contributed by atoms with E-state index in [1.165, 1.54) is 12.1 Å². The Kier molecular flexibility index (Phi) is 3.34. The molecule has 1 unspecified atom stereocenters. The summed E-state index contributed by atoms with van der Waals surface area (Å²) in [5.74, 6) is 0. The molecule has 1 aromatic carbocycles. The van der Waals surface area contributed by atoms with Crippen molar-refractivity contribution < 1.29 is 9.72 Å². The predicted octanol–water partition coefficient (Wildman–Crippen LogP) is 0.572. The standard InChI is InChI=1S/C11H13N3O3/c15-8-11-7-12-5-6-13(11)9-1-3-10(4-2-9)14(16)17/h1-4,8,11-12H,5-7H2. The Labute approximate surface area is 98.4 Å². The van der Waals surface area contributed by atoms with Gasteiger partial charge in [0.15, 0.2) is 0 Å². The number of hydrogen-bond acceptors (Lipinski definition) is 5. The minimum absolute atomic E-state index is 0.0616. The predicted molar refractivity (Wildman–Crippen MR) is 63.2 cm³/mol. The van der Waals surface area contributed by atoms with Crippen LogP contribution in [0.15, 0.2) is 24.3 Å². The number of hydrogen-bond donors (Lipinski definition) is 1. The number of carbonyl (C=O) groups is 1. The highest BCUT2D eigenvalue weighted by molar-refractivity contribution is 5.67. The van der Waals surface area contributed by atoms with E-state index < -0.39 is 4.92 Å². The SMILES string of the molecule is O=CC1CNCCN1c1ccc([N+](=O)[O-])cc1. The summed E-state index contributed by atoms with van der Waals surface area (Å²) in [6.07, 6.45) is 0.896. The van der Waals surface area contributed by atoms with E-state index in [9.17, 15) is 14.9 Å². The lowest BCUT2D eigenvalue weighted by Crippen LogP contribution is -2.52. The van der Waals surface area contributed by atoms with Gasteiger partial charge in [-0.1, -0.05) is 0 Å². The molecule has 1 aliphatic rings. The number of nitrogens with one attached hydrogen (secondary N) is 1. The van der Waals surface area contributed by atoms with E-state index in [1.54, 1.807) is 12.1 Å². The van der Waals surface area contributed by atoms with Crippen LogP contribution in [0.25, 0.3) is 0 Å². The topological polar surface area (TPSA) is 75.5 Å². The quantitative estimate of drug-likeness (QED) is 0.471. The van der Waals surface area contributed by atoms with Crippen molar-refractivity contribution in [2.24, 2.45) is 0 Å². The summed E-state index contributed by atoms with van der Waals surface area (Å²) in [5.41, 5.74) is 0.903. The molecule has 17 heavy (non-hydrogen) atoms. The fraction of sp³-hybridized carbons (Fsp3) is 0.364. The third-order valence-electron chi connectivity index (χ3n) is 2.83. The lowest BCUT2D eigenvalue weighted by atomic mass is 10.1. The average Bonchev–Trinajstić information content (AvgIpc) is 2.39. The molecule has 1 aliphatic heterocycles. The Morgan fingerprint density at radius 1 is 1.41 bits per heavy atom. The number of carbonyl (C=O) groups excluding carboxylic acids is 1. The number of anilines is 1. The maximum atomic E-state index is 10.9. The maximum Gasteiger partial charge on any atom is 0.269 e. The molecule has 1 N–H and O–H groups in total. The minimum atomic E-state index is -0.432. The molecular formula is C11H13N3O3. The summed E-state index contributed by atoms with van der Waals surface area (Å²) in [4.78, 5) is 23.0. The van der Waals surface area contributed by atoms with E-state index >= 15 is 0 Å². The normalized spacial score (nSPS) is 20.0. The van der Waals surface area contributed by atoms with Crippen LogP contribution in [0, 0.1) is 10.1 Å². The van der Waals surface area contributed by atoms with Gasteiger partial charge in [0.1, 0.15) is 6.29 Å². The van der Waals surface area contributed by atoms with Crippen molar-refractivity contribution in [3.8, 4) is 0 Å². The summed E-state index contributed by atoms with van der Waals surface area (Å²) < 4.78 is 0. The van der Waals surface area contributed by atoms with E-state index in [4.69, 9.17) is 0 Å². The first-order valence-electron chi connectivity index (χ1n) is 5.39. The smallest absolute Gasteiger partial charge is 0.269 e. The molecule has 6 nitrogen and oxygen atoms in total. The summed E-state index contributed by atoms with van der Waals surface area (Å²) in [6.45, 7) is 2.14. The van der Waals surface area contributed by atoms with E-state index in [-0.39, 0.29) is 11.7 Å². The zero-order valence-electron chi connectivity index (χ0n) is 9.20. The van der Waals surface area contributed by atoms with E-state index in [1.807, 2.05) is 4.90 Å². The van der Waals surface area contributed by atoms with Crippen molar-refractivity contribution >= 4 is 17.7 Å². The number of benzene rings is 1. The fourth-order valence-corrected chi connectivity index (χ4v) is 1.93. The Balaban J connectivity index is 2.20. The molecule has 1 heterocycles. The number of rotatable bonds is 3. The molecule has 1 saturated heterocycles. The highest BCUT2D eigenvalue weighted by Crippen LogP contribution is 2.21. The molecule has 0 aromatic heterocycles. The number of nitrogens with zero attached hydrogens (tertiary/aromatic N) is 2. The Bertz CT molecular complexity index is 418. The Hall–Kier alpha value is -1.95. The first-order chi connectivity index (χ1) is 8.22. The van der Waals surface area contributed by atoms with Gasteiger partial charge in [0.05, 0.1) is 11.0 Å². The van der Waals surface area contributed by atoms with Crippen LogP contribution in [0.4, 0.5) is 11.4 Å². The molecule has 0 spiro atoms. The molecule has 1 aromatic rings. The molecule has 1 fully saturated rings. The van der Waals surface area contributed by atoms with E-state index in [0.717, 1.165) is 25.1 Å². The first kappa shape index (κ1) is 11.5. The maximum absolute atomic E-state index is 10.9. The number of piperazine rings is 1. The van der Waals surface area contributed by atoms with Crippen LogP contribution in [0.1, 0.15) is 0 Å². The van der Waals surface area contributed by atoms with Crippen molar-refractivity contribution in [1.29, 1.82) is 0 Å². The molecule has 0 aliphatic carbocycles. The van der Waals surface area contributed by atoms with Gasteiger partial charge < -0.3 is 15.0 Å². The number of nitro benzene ring substituents is 1. The molecule has 1 atom stereocenters. The van der Waals surface area contributed by atoms with Crippen LogP contribution < -0.4 is 10.2 Å². The summed E-state index contributed by atoms with van der Waals surface area (Å²) in [6, 6.07) is 6.07. The Morgan fingerprint density at radius 3 is 2.71 bits per heavy atom. The van der Waals surface area contributed by atoms with Gasteiger partial charge in [0, 0.05) is 37.5 Å². The second kappa shape index (κ2) is 4.92. The molecule has 0 amide bonds. The van der Waals surface area contributed by atoms with Crippen LogP contribution in [0.2, 0.25) is 0 Å². The van der Waals surface area contributed by atoms with Gasteiger partial charge in [0.25, 0.3) is 5.69 Å². The third-order valence-corrected chi connectivity index (χ3v) is 2.83. The van der Waals surface area contributed by atoms with Crippen molar-refractivity contribution in [3.05, 3.63) is 34.4 Å². The molecule has 6 heteroatoms. The monoisotopic (exact) mass is 235 g/mol. The molecule has 0 saturated carbocycles. The van der Waals surface area contributed by atoms with Crippen LogP contribution in [-0.2, 0) is 4.79 Å². The second-order valence-electron chi connectivity index (χ2n) is 3.87. The summed E-state index contributed by atoms with van der Waals surface area (Å²) in [7, 11) is 0. The number of aldehydes is 1. The van der Waals surface area contributed by atoms with Crippen LogP contribution in [0.3, 0.4) is 0 Å². The van der Waals surface area contributed by atoms with Gasteiger partial charge in [-0.25, -0.2) is 0 Å². The van der Waals surface area contributed by atoms with Crippen molar-refractivity contribution in [3.63, 3.8) is 0 Å². The van der Waals surface area contributed by atoms with Gasteiger partial charge in [0.2, 0.25) is 0 Å². The minimum Gasteiger partial charge on any atom is -0.359 e. The Morgan fingerprint density at radius 2 is 2.12 bits per heavy atom. The lowest BCUT2D eigenvalue weighted by Gasteiger charge is -2.34. The highest BCUT2D eigenvalue weighted by atomic mass is 16.6. The van der Waals surface area contributed by atoms with Crippen LogP contribution in [-0.4, -0.2) is 36.9 Å². The largest absolute Gasteiger partial charge is 0.359 e. The van der Waals surface area contributed by atoms with Gasteiger partial charge in [-0.15, -0.1) is 0 Å². The van der Waals surface area contributed by atoms with E-state index in [0.29, 0.717) is 6.54 Å². The number of non-ortho nitro benzene ring substituents is 1. The van der Waals surface area contributed by atoms with Crippen molar-refractivity contribution in [2.45, 2.75) is 6.04 Å². The summed E-state index contributed by atoms with van der Waals surface area (Å²) in [5, 5.41) is 13.7. The molecule has 90 valence electrons. The molecule has 2 rings (SSSR count). The number of nitro groups is 1. The van der Waals surface area contributed by atoms with Gasteiger partial charge in [-0.2, -0.15) is 0 Å². The third kappa shape index (κ3) is 2.42. The average molecular weight is 235 g/mol. The van der Waals surface area contributed by atoms with Crippen LogP contribution >= 0.6 is 0 Å². The fourth-order valence-electron chi connectivity index (χ4n) is 1.93.